The number of benzene rings is 2. The molecule has 1 heterocycles. The minimum absolute atomic E-state index is 0.242. The molecule has 0 spiro atoms. The Morgan fingerprint density at radius 3 is 2.54 bits per heavy atom. The molecule has 0 saturated carbocycles. The van der Waals surface area contributed by atoms with Crippen LogP contribution in [0.25, 0.3) is 17.0 Å². The van der Waals surface area contributed by atoms with E-state index in [4.69, 9.17) is 4.74 Å². The Kier molecular flexibility index (Phi) is 4.95. The molecule has 0 amide bonds. The molecular weight excluding hydrogens is 350 g/mol. The molecule has 134 valence electrons. The fourth-order valence-electron chi connectivity index (χ4n) is 2.63. The summed E-state index contributed by atoms with van der Waals surface area (Å²) < 4.78 is 31.9. The monoisotopic (exact) mass is 369 g/mol. The Labute approximate surface area is 152 Å². The van der Waals surface area contributed by atoms with Gasteiger partial charge in [-0.3, -0.25) is 0 Å². The van der Waals surface area contributed by atoms with E-state index in [-0.39, 0.29) is 4.90 Å². The Bertz CT molecular complexity index is 1080. The predicted molar refractivity (Wildman–Crippen MR) is 101 cm³/mol. The SMILES string of the molecule is CCOC(=O)C=Cc1ccc2c(ccn2S(=O)(=O)c2ccc(C)cc2)c1. The molecule has 1 aromatic heterocycles. The lowest BCUT2D eigenvalue weighted by Crippen LogP contribution is -2.11. The minimum atomic E-state index is -3.66. The summed E-state index contributed by atoms with van der Waals surface area (Å²) in [5.74, 6) is -0.410. The molecule has 0 unspecified atom stereocenters. The van der Waals surface area contributed by atoms with Crippen molar-refractivity contribution in [1.82, 2.24) is 3.97 Å². The minimum Gasteiger partial charge on any atom is -0.463 e. The third-order valence-electron chi connectivity index (χ3n) is 3.95. The highest BCUT2D eigenvalue weighted by Crippen LogP contribution is 2.24. The van der Waals surface area contributed by atoms with Crippen LogP contribution in [-0.4, -0.2) is 25.0 Å². The van der Waals surface area contributed by atoms with Crippen LogP contribution < -0.4 is 0 Å². The largest absolute Gasteiger partial charge is 0.463 e. The summed E-state index contributed by atoms with van der Waals surface area (Å²) in [5, 5.41) is 0.770. The van der Waals surface area contributed by atoms with Crippen LogP contribution in [0.4, 0.5) is 0 Å². The second kappa shape index (κ2) is 7.17. The molecule has 0 radical (unpaired) electrons. The van der Waals surface area contributed by atoms with Crippen molar-refractivity contribution in [1.29, 1.82) is 0 Å². The summed E-state index contributed by atoms with van der Waals surface area (Å²) in [5.41, 5.74) is 2.37. The lowest BCUT2D eigenvalue weighted by atomic mass is 10.1. The molecule has 5 nitrogen and oxygen atoms in total. The average Bonchev–Trinajstić information content (AvgIpc) is 3.04. The van der Waals surface area contributed by atoms with Gasteiger partial charge >= 0.3 is 5.97 Å². The van der Waals surface area contributed by atoms with Crippen LogP contribution in [0, 0.1) is 6.92 Å². The van der Waals surface area contributed by atoms with Crippen LogP contribution in [0.15, 0.2) is 65.7 Å². The number of nitrogens with zero attached hydrogens (tertiary/aromatic N) is 1. The normalized spacial score (nSPS) is 11.9. The molecule has 6 heteroatoms. The summed E-state index contributed by atoms with van der Waals surface area (Å²) in [6.45, 7) is 3.98. The lowest BCUT2D eigenvalue weighted by molar-refractivity contribution is -0.137. The number of rotatable bonds is 5. The van der Waals surface area contributed by atoms with Gasteiger partial charge in [-0.05, 0) is 55.8 Å². The number of hydrogen-bond donors (Lipinski definition) is 0. The van der Waals surface area contributed by atoms with Crippen molar-refractivity contribution in [3.63, 3.8) is 0 Å². The Hall–Kier alpha value is -2.86. The molecule has 0 saturated heterocycles. The van der Waals surface area contributed by atoms with E-state index in [0.29, 0.717) is 12.1 Å². The average molecular weight is 369 g/mol. The van der Waals surface area contributed by atoms with Crippen molar-refractivity contribution in [2.24, 2.45) is 0 Å². The highest BCUT2D eigenvalue weighted by molar-refractivity contribution is 7.90. The van der Waals surface area contributed by atoms with Crippen molar-refractivity contribution in [3.8, 4) is 0 Å². The highest BCUT2D eigenvalue weighted by Gasteiger charge is 2.18. The third-order valence-corrected chi connectivity index (χ3v) is 5.66. The number of carbonyl (C=O) groups is 1. The van der Waals surface area contributed by atoms with E-state index in [9.17, 15) is 13.2 Å². The van der Waals surface area contributed by atoms with E-state index < -0.39 is 16.0 Å². The molecule has 0 aliphatic carbocycles. The Morgan fingerprint density at radius 2 is 1.85 bits per heavy atom. The Morgan fingerprint density at radius 1 is 1.12 bits per heavy atom. The van der Waals surface area contributed by atoms with Crippen molar-refractivity contribution >= 4 is 33.0 Å². The molecule has 2 aromatic carbocycles. The third kappa shape index (κ3) is 3.55. The van der Waals surface area contributed by atoms with E-state index in [1.54, 1.807) is 61.7 Å². The van der Waals surface area contributed by atoms with Gasteiger partial charge < -0.3 is 4.74 Å². The standard InChI is InChI=1S/C20H19NO4S/c1-3-25-20(22)11-7-16-6-10-19-17(14-16)12-13-21(19)26(23,24)18-8-4-15(2)5-9-18/h4-14H,3H2,1-2H3. The second-order valence-corrected chi connectivity index (χ2v) is 7.65. The van der Waals surface area contributed by atoms with Gasteiger partial charge in [0.2, 0.25) is 0 Å². The molecule has 0 aliphatic heterocycles. The van der Waals surface area contributed by atoms with E-state index in [1.807, 2.05) is 13.0 Å². The van der Waals surface area contributed by atoms with E-state index in [1.165, 1.54) is 10.0 Å². The molecule has 3 rings (SSSR count). The fourth-order valence-corrected chi connectivity index (χ4v) is 3.98. The molecule has 0 aliphatic rings. The summed E-state index contributed by atoms with van der Waals surface area (Å²) in [4.78, 5) is 11.6. The predicted octanol–water partition coefficient (Wildman–Crippen LogP) is 3.76. The summed E-state index contributed by atoms with van der Waals surface area (Å²) in [7, 11) is -3.66. The van der Waals surface area contributed by atoms with Crippen LogP contribution in [0.3, 0.4) is 0 Å². The van der Waals surface area contributed by atoms with Gasteiger partial charge in [-0.2, -0.15) is 0 Å². The van der Waals surface area contributed by atoms with Crippen LogP contribution in [-0.2, 0) is 19.6 Å². The second-order valence-electron chi connectivity index (χ2n) is 5.83. The van der Waals surface area contributed by atoms with Gasteiger partial charge in [0.15, 0.2) is 0 Å². The number of esters is 1. The van der Waals surface area contributed by atoms with Gasteiger partial charge in [0.25, 0.3) is 10.0 Å². The fraction of sp³-hybridized carbons (Fsp3) is 0.150. The number of aromatic nitrogens is 1. The first-order chi connectivity index (χ1) is 12.4. The van der Waals surface area contributed by atoms with Crippen molar-refractivity contribution in [2.45, 2.75) is 18.7 Å². The van der Waals surface area contributed by atoms with Crippen molar-refractivity contribution < 1.29 is 17.9 Å². The zero-order valence-corrected chi connectivity index (χ0v) is 15.4. The molecule has 0 fully saturated rings. The van der Waals surface area contributed by atoms with Gasteiger partial charge in [-0.25, -0.2) is 17.2 Å². The van der Waals surface area contributed by atoms with Crippen LogP contribution in [0.2, 0.25) is 0 Å². The number of hydrogen-bond acceptors (Lipinski definition) is 4. The van der Waals surface area contributed by atoms with E-state index in [2.05, 4.69) is 0 Å². The van der Waals surface area contributed by atoms with Gasteiger partial charge in [0.1, 0.15) is 0 Å². The number of carbonyl (C=O) groups excluding carboxylic acids is 1. The maximum absolute atomic E-state index is 12.9. The van der Waals surface area contributed by atoms with Gasteiger partial charge in [0, 0.05) is 17.7 Å². The number of fused-ring (bicyclic) bond motifs is 1. The highest BCUT2D eigenvalue weighted by atomic mass is 32.2. The number of ether oxygens (including phenoxy) is 1. The maximum Gasteiger partial charge on any atom is 0.330 e. The van der Waals surface area contributed by atoms with Crippen LogP contribution in [0.5, 0.6) is 0 Å². The summed E-state index contributed by atoms with van der Waals surface area (Å²) in [6.07, 6.45) is 4.53. The van der Waals surface area contributed by atoms with E-state index >= 15 is 0 Å². The topological polar surface area (TPSA) is 65.4 Å². The molecule has 26 heavy (non-hydrogen) atoms. The quantitative estimate of drug-likeness (QED) is 0.507. The van der Waals surface area contributed by atoms with E-state index in [0.717, 1.165) is 16.5 Å². The molecule has 0 atom stereocenters. The summed E-state index contributed by atoms with van der Waals surface area (Å²) in [6, 6.07) is 13.8. The first-order valence-electron chi connectivity index (χ1n) is 8.20. The zero-order valence-electron chi connectivity index (χ0n) is 14.5. The van der Waals surface area contributed by atoms with Gasteiger partial charge in [-0.1, -0.05) is 23.8 Å². The first-order valence-corrected chi connectivity index (χ1v) is 9.64. The molecule has 3 aromatic rings. The molecule has 0 N–H and O–H groups in total. The van der Waals surface area contributed by atoms with Crippen molar-refractivity contribution in [3.05, 3.63) is 71.9 Å². The lowest BCUT2D eigenvalue weighted by Gasteiger charge is -2.08. The number of aryl methyl sites for hydroxylation is 1. The van der Waals surface area contributed by atoms with Crippen molar-refractivity contribution in [2.75, 3.05) is 6.61 Å². The van der Waals surface area contributed by atoms with Crippen LogP contribution >= 0.6 is 0 Å². The van der Waals surface area contributed by atoms with Gasteiger partial charge in [-0.15, -0.1) is 0 Å². The zero-order chi connectivity index (χ0) is 18.7. The van der Waals surface area contributed by atoms with Crippen LogP contribution in [0.1, 0.15) is 18.1 Å². The maximum atomic E-state index is 12.9. The molecular formula is C20H19NO4S. The smallest absolute Gasteiger partial charge is 0.330 e. The first kappa shape index (κ1) is 17.9. The summed E-state index contributed by atoms with van der Waals surface area (Å²) >= 11 is 0. The molecule has 0 bridgehead atoms. The Balaban J connectivity index is 1.97. The van der Waals surface area contributed by atoms with Gasteiger partial charge in [0.05, 0.1) is 17.0 Å².